The minimum Gasteiger partial charge on any atom is -0.480 e. The maximum atomic E-state index is 12.6. The summed E-state index contributed by atoms with van der Waals surface area (Å²) < 4.78 is 1.01. The number of aliphatic carboxylic acids is 1. The highest BCUT2D eigenvalue weighted by atomic mass is 16.4. The first-order valence-electron chi connectivity index (χ1n) is 8.25. The van der Waals surface area contributed by atoms with Gasteiger partial charge >= 0.3 is 11.7 Å². The fourth-order valence-electron chi connectivity index (χ4n) is 2.47. The van der Waals surface area contributed by atoms with E-state index in [0.29, 0.717) is 6.42 Å². The Bertz CT molecular complexity index is 810. The van der Waals surface area contributed by atoms with E-state index in [4.69, 9.17) is 17.2 Å². The van der Waals surface area contributed by atoms with Crippen LogP contribution >= 0.6 is 0 Å². The first-order chi connectivity index (χ1) is 12.7. The van der Waals surface area contributed by atoms with Crippen LogP contribution in [0.2, 0.25) is 0 Å². The predicted molar refractivity (Wildman–Crippen MR) is 98.2 cm³/mol. The van der Waals surface area contributed by atoms with E-state index < -0.39 is 35.7 Å². The third-order valence-electron chi connectivity index (χ3n) is 3.78. The zero-order valence-corrected chi connectivity index (χ0v) is 15.1. The summed E-state index contributed by atoms with van der Waals surface area (Å²) in [5, 5.41) is 9.49. The fourth-order valence-corrected chi connectivity index (χ4v) is 2.47. The normalized spacial score (nSPS) is 11.6. The number of H-pyrrole nitrogens is 1. The maximum Gasteiger partial charge on any atom is 0.328 e. The highest BCUT2D eigenvalue weighted by Crippen LogP contribution is 2.09. The molecule has 1 atom stereocenters. The quantitative estimate of drug-likeness (QED) is 0.161. The van der Waals surface area contributed by atoms with Crippen LogP contribution in [-0.2, 0) is 16.1 Å². The molecule has 12 nitrogen and oxygen atoms in total. The number of carboxylic acids is 1. The van der Waals surface area contributed by atoms with Gasteiger partial charge in [-0.2, -0.15) is 0 Å². The van der Waals surface area contributed by atoms with Crippen molar-refractivity contribution in [3.8, 4) is 0 Å². The summed E-state index contributed by atoms with van der Waals surface area (Å²) in [5.74, 6) is -1.92. The number of carbonyl (C=O) groups is 2. The van der Waals surface area contributed by atoms with Gasteiger partial charge in [-0.3, -0.25) is 24.1 Å². The van der Waals surface area contributed by atoms with Crippen molar-refractivity contribution >= 4 is 17.8 Å². The van der Waals surface area contributed by atoms with Crippen LogP contribution in [0.4, 0.5) is 0 Å². The number of carbonyl (C=O) groups excluding carboxylic acids is 1. The molecular formula is C15H25N7O5. The molecule has 8 N–H and O–H groups in total. The number of aryl methyl sites for hydroxylation is 1. The average molecular weight is 383 g/mol. The van der Waals surface area contributed by atoms with Crippen molar-refractivity contribution in [2.75, 3.05) is 19.6 Å². The Balaban J connectivity index is 2.98. The minimum atomic E-state index is -1.20. The second-order valence-corrected chi connectivity index (χ2v) is 5.88. The molecule has 1 aromatic heterocycles. The molecule has 0 saturated heterocycles. The number of rotatable bonds is 10. The largest absolute Gasteiger partial charge is 0.480 e. The number of aliphatic imine (C=N–C) groups is 1. The van der Waals surface area contributed by atoms with E-state index >= 15 is 0 Å². The van der Waals surface area contributed by atoms with Crippen LogP contribution in [0.3, 0.4) is 0 Å². The molecule has 0 saturated carbocycles. The van der Waals surface area contributed by atoms with Crippen LogP contribution in [0.25, 0.3) is 0 Å². The second-order valence-electron chi connectivity index (χ2n) is 5.88. The number of nitrogens with zero attached hydrogens (tertiary/aromatic N) is 3. The average Bonchev–Trinajstić information content (AvgIpc) is 2.57. The van der Waals surface area contributed by atoms with Gasteiger partial charge in [-0.05, 0) is 19.8 Å². The lowest BCUT2D eigenvalue weighted by Crippen LogP contribution is -2.49. The molecule has 1 rings (SSSR count). The van der Waals surface area contributed by atoms with Crippen molar-refractivity contribution in [1.29, 1.82) is 0 Å². The summed E-state index contributed by atoms with van der Waals surface area (Å²) >= 11 is 0. The van der Waals surface area contributed by atoms with Gasteiger partial charge in [0.15, 0.2) is 5.96 Å². The number of guanidine groups is 1. The number of aromatic amines is 1. The molecule has 0 spiro atoms. The lowest BCUT2D eigenvalue weighted by Gasteiger charge is -2.29. The van der Waals surface area contributed by atoms with Gasteiger partial charge in [-0.25, -0.2) is 9.59 Å². The van der Waals surface area contributed by atoms with Crippen molar-refractivity contribution in [3.05, 3.63) is 32.6 Å². The van der Waals surface area contributed by atoms with Gasteiger partial charge < -0.3 is 27.2 Å². The predicted octanol–water partition coefficient (Wildman–Crippen LogP) is -2.86. The molecule has 12 heteroatoms. The van der Waals surface area contributed by atoms with Gasteiger partial charge in [0.05, 0.1) is 0 Å². The van der Waals surface area contributed by atoms with Crippen LogP contribution in [-0.4, -0.2) is 63.1 Å². The number of amides is 1. The Morgan fingerprint density at radius 3 is 2.59 bits per heavy atom. The lowest BCUT2D eigenvalue weighted by atomic mass is 10.1. The van der Waals surface area contributed by atoms with Gasteiger partial charge in [0.1, 0.15) is 12.6 Å². The molecule has 0 aliphatic heterocycles. The lowest BCUT2D eigenvalue weighted by molar-refractivity contribution is -0.150. The van der Waals surface area contributed by atoms with Gasteiger partial charge in [0.25, 0.3) is 5.56 Å². The molecule has 0 fully saturated rings. The van der Waals surface area contributed by atoms with Crippen LogP contribution in [0.5, 0.6) is 0 Å². The Morgan fingerprint density at radius 1 is 1.37 bits per heavy atom. The van der Waals surface area contributed by atoms with Crippen LogP contribution in [0.15, 0.2) is 20.8 Å². The van der Waals surface area contributed by atoms with Crippen molar-refractivity contribution in [1.82, 2.24) is 14.5 Å². The van der Waals surface area contributed by atoms with E-state index in [1.807, 2.05) is 0 Å². The topological polar surface area (TPSA) is 203 Å². The third-order valence-corrected chi connectivity index (χ3v) is 3.78. The van der Waals surface area contributed by atoms with Gasteiger partial charge in [0.2, 0.25) is 5.91 Å². The number of hydrogen-bond acceptors (Lipinski definition) is 6. The Morgan fingerprint density at radius 2 is 2.04 bits per heavy atom. The molecular weight excluding hydrogens is 358 g/mol. The molecule has 0 bridgehead atoms. The number of nitrogens with one attached hydrogen (secondary N) is 1. The summed E-state index contributed by atoms with van der Waals surface area (Å²) in [6, 6.07) is -1.14. The number of carboxylic acid groups (broad SMARTS) is 1. The van der Waals surface area contributed by atoms with Gasteiger partial charge in [-0.15, -0.1) is 0 Å². The molecule has 1 heterocycles. The zero-order valence-electron chi connectivity index (χ0n) is 15.1. The molecule has 0 aliphatic rings. The maximum absolute atomic E-state index is 12.6. The second kappa shape index (κ2) is 10.1. The minimum absolute atomic E-state index is 0.00478. The summed E-state index contributed by atoms with van der Waals surface area (Å²) in [4.78, 5) is 54.5. The Kier molecular flexibility index (Phi) is 8.20. The van der Waals surface area contributed by atoms with E-state index in [0.717, 1.165) is 9.47 Å². The van der Waals surface area contributed by atoms with Crippen molar-refractivity contribution < 1.29 is 14.7 Å². The molecule has 0 radical (unpaired) electrons. The van der Waals surface area contributed by atoms with E-state index in [-0.39, 0.29) is 37.6 Å². The standard InChI is InChI=1S/C15H25N7O5/c1-9-7-21(15(27)20-12(9)24)8-11(23)22(6-4-16)10(13(25)26)3-2-5-19-14(17)18/h7,10H,2-6,8,16H2,1H3,(H,25,26)(H4,17,18,19)(H,20,24,27)/t10-/m0/s1. The zero-order chi connectivity index (χ0) is 20.6. The summed E-state index contributed by atoms with van der Waals surface area (Å²) in [6.45, 7) is 1.32. The molecule has 150 valence electrons. The number of aromatic nitrogens is 2. The van der Waals surface area contributed by atoms with E-state index in [9.17, 15) is 24.3 Å². The monoisotopic (exact) mass is 383 g/mol. The first-order valence-corrected chi connectivity index (χ1v) is 8.25. The smallest absolute Gasteiger partial charge is 0.328 e. The van der Waals surface area contributed by atoms with Crippen LogP contribution in [0, 0.1) is 6.92 Å². The van der Waals surface area contributed by atoms with Gasteiger partial charge in [-0.1, -0.05) is 0 Å². The van der Waals surface area contributed by atoms with Crippen molar-refractivity contribution in [3.63, 3.8) is 0 Å². The first kappa shape index (κ1) is 21.9. The van der Waals surface area contributed by atoms with E-state index in [2.05, 4.69) is 9.98 Å². The summed E-state index contributed by atoms with van der Waals surface area (Å²) in [7, 11) is 0. The molecule has 0 aliphatic carbocycles. The van der Waals surface area contributed by atoms with Gasteiger partial charge in [0, 0.05) is 31.4 Å². The highest BCUT2D eigenvalue weighted by Gasteiger charge is 2.29. The van der Waals surface area contributed by atoms with E-state index in [1.165, 1.54) is 13.1 Å². The summed E-state index contributed by atoms with van der Waals surface area (Å²) in [5.41, 5.74) is 14.9. The number of nitrogens with two attached hydrogens (primary N) is 3. The van der Waals surface area contributed by atoms with Crippen LogP contribution in [0.1, 0.15) is 18.4 Å². The molecule has 1 aromatic rings. The Labute approximate surface area is 154 Å². The molecule has 0 aromatic carbocycles. The Hall–Kier alpha value is -3.15. The number of hydrogen-bond donors (Lipinski definition) is 5. The fraction of sp³-hybridized carbons (Fsp3) is 0.533. The van der Waals surface area contributed by atoms with Crippen LogP contribution < -0.4 is 28.5 Å². The SMILES string of the molecule is Cc1cn(CC(=O)N(CCN)[C@@H](CCCN=C(N)N)C(=O)O)c(=O)[nH]c1=O. The highest BCUT2D eigenvalue weighted by molar-refractivity contribution is 5.83. The van der Waals surface area contributed by atoms with Crippen molar-refractivity contribution in [2.45, 2.75) is 32.4 Å². The molecule has 0 unspecified atom stereocenters. The van der Waals surface area contributed by atoms with Crippen molar-refractivity contribution in [2.24, 2.45) is 22.2 Å². The summed E-state index contributed by atoms with van der Waals surface area (Å²) in [6.07, 6.45) is 1.69. The van der Waals surface area contributed by atoms with E-state index in [1.54, 1.807) is 0 Å². The molecule has 27 heavy (non-hydrogen) atoms. The third kappa shape index (κ3) is 6.58. The molecule has 1 amide bonds.